The molecule has 2 N–H and O–H groups in total. The average Bonchev–Trinajstić information content (AvgIpc) is 2.65. The number of carbonyl (C=O) groups excluding carboxylic acids is 3. The molecule has 0 spiro atoms. The number of thioether (sulfide) groups is 1. The molecular formula is C17H20N2O6S. The number of urea groups is 1. The van der Waals surface area contributed by atoms with E-state index in [0.717, 1.165) is 4.90 Å². The molecule has 0 atom stereocenters. The Bertz CT molecular complexity index is 747. The lowest BCUT2D eigenvalue weighted by atomic mass is 10.1. The minimum absolute atomic E-state index is 0.00327. The predicted octanol–water partition coefficient (Wildman–Crippen LogP) is 1.70. The highest BCUT2D eigenvalue weighted by Gasteiger charge is 2.25. The van der Waals surface area contributed by atoms with Gasteiger partial charge in [-0.1, -0.05) is 0 Å². The minimum atomic E-state index is -0.627. The van der Waals surface area contributed by atoms with Gasteiger partial charge >= 0.3 is 18.0 Å². The largest absolute Gasteiger partial charge is 0.496 e. The van der Waals surface area contributed by atoms with Crippen LogP contribution in [-0.4, -0.2) is 51.1 Å². The normalized spacial score (nSPS) is 13.6. The van der Waals surface area contributed by atoms with E-state index in [1.165, 1.54) is 18.9 Å². The Kier molecular flexibility index (Phi) is 6.90. The summed E-state index contributed by atoms with van der Waals surface area (Å²) in [6.07, 6.45) is 1.91. The molecule has 1 aromatic rings. The first-order valence-corrected chi connectivity index (χ1v) is 9.05. The molecule has 26 heavy (non-hydrogen) atoms. The topological polar surface area (TPSA) is 103 Å². The number of amides is 2. The smallest absolute Gasteiger partial charge is 0.342 e. The van der Waals surface area contributed by atoms with Gasteiger partial charge in [0.05, 0.1) is 31.5 Å². The van der Waals surface area contributed by atoms with Crippen LogP contribution < -0.4 is 15.4 Å². The second-order valence-corrected chi connectivity index (χ2v) is 6.01. The number of carbonyl (C=O) groups is 3. The van der Waals surface area contributed by atoms with E-state index in [1.54, 1.807) is 25.1 Å². The van der Waals surface area contributed by atoms with Crippen LogP contribution in [0.25, 0.3) is 0 Å². The van der Waals surface area contributed by atoms with Crippen molar-refractivity contribution in [2.75, 3.05) is 33.1 Å². The Morgan fingerprint density at radius 2 is 2.00 bits per heavy atom. The number of nitrogens with one attached hydrogen (secondary N) is 2. The highest BCUT2D eigenvalue weighted by atomic mass is 32.2. The fourth-order valence-electron chi connectivity index (χ4n) is 2.25. The maximum atomic E-state index is 12.4. The van der Waals surface area contributed by atoms with Crippen molar-refractivity contribution in [3.8, 4) is 5.75 Å². The summed E-state index contributed by atoms with van der Waals surface area (Å²) in [6, 6.07) is 4.64. The van der Waals surface area contributed by atoms with E-state index in [1.807, 2.05) is 6.26 Å². The number of benzene rings is 1. The summed E-state index contributed by atoms with van der Waals surface area (Å²) in [7, 11) is 1.46. The minimum Gasteiger partial charge on any atom is -0.496 e. The van der Waals surface area contributed by atoms with Crippen molar-refractivity contribution in [1.82, 2.24) is 10.6 Å². The molecule has 140 valence electrons. The SMILES string of the molecule is CCOC(=O)C1=C(COC(=O)c2ccc(SC)cc2OC)NC(=O)NC1. The Labute approximate surface area is 155 Å². The molecule has 2 amide bonds. The van der Waals surface area contributed by atoms with Crippen molar-refractivity contribution >= 4 is 29.7 Å². The van der Waals surface area contributed by atoms with Crippen molar-refractivity contribution in [1.29, 1.82) is 0 Å². The van der Waals surface area contributed by atoms with E-state index >= 15 is 0 Å². The van der Waals surface area contributed by atoms with Crippen LogP contribution in [0.2, 0.25) is 0 Å². The molecule has 1 aliphatic heterocycles. The third kappa shape index (κ3) is 4.69. The number of esters is 2. The quantitative estimate of drug-likeness (QED) is 0.548. The van der Waals surface area contributed by atoms with Crippen LogP contribution in [0.3, 0.4) is 0 Å². The lowest BCUT2D eigenvalue weighted by Gasteiger charge is -2.21. The van der Waals surface area contributed by atoms with Gasteiger partial charge in [0.2, 0.25) is 0 Å². The van der Waals surface area contributed by atoms with Crippen LogP contribution in [0.1, 0.15) is 17.3 Å². The number of hydrogen-bond acceptors (Lipinski definition) is 7. The zero-order valence-electron chi connectivity index (χ0n) is 14.7. The molecule has 0 unspecified atom stereocenters. The Morgan fingerprint density at radius 3 is 2.65 bits per heavy atom. The molecule has 1 aromatic carbocycles. The van der Waals surface area contributed by atoms with Crippen LogP contribution in [-0.2, 0) is 14.3 Å². The molecule has 1 aliphatic rings. The highest BCUT2D eigenvalue weighted by Crippen LogP contribution is 2.26. The van der Waals surface area contributed by atoms with Crippen LogP contribution in [0.4, 0.5) is 4.79 Å². The van der Waals surface area contributed by atoms with Crippen molar-refractivity contribution in [3.05, 3.63) is 35.0 Å². The molecule has 0 saturated carbocycles. The highest BCUT2D eigenvalue weighted by molar-refractivity contribution is 7.98. The molecule has 0 bridgehead atoms. The van der Waals surface area contributed by atoms with Gasteiger partial charge in [0.15, 0.2) is 0 Å². The fraction of sp³-hybridized carbons (Fsp3) is 0.353. The summed E-state index contributed by atoms with van der Waals surface area (Å²) in [5, 5.41) is 4.96. The molecule has 1 heterocycles. The Hall–Kier alpha value is -2.68. The van der Waals surface area contributed by atoms with Gasteiger partial charge in [-0.15, -0.1) is 11.8 Å². The van der Waals surface area contributed by atoms with Gasteiger partial charge in [-0.25, -0.2) is 14.4 Å². The standard InChI is InChI=1S/C17H20N2O6S/c1-4-24-16(21)12-8-18-17(22)19-13(12)9-25-15(20)11-6-5-10(26-3)7-14(11)23-2/h5-7H,4,8-9H2,1-3H3,(H2,18,19,22). The number of methoxy groups -OCH3 is 1. The molecule has 0 aliphatic carbocycles. The van der Waals surface area contributed by atoms with Gasteiger partial charge in [-0.05, 0) is 31.4 Å². The van der Waals surface area contributed by atoms with E-state index in [0.29, 0.717) is 5.75 Å². The van der Waals surface area contributed by atoms with Gasteiger partial charge in [-0.2, -0.15) is 0 Å². The summed E-state index contributed by atoms with van der Waals surface area (Å²) in [5.41, 5.74) is 0.660. The number of rotatable bonds is 7. The summed E-state index contributed by atoms with van der Waals surface area (Å²) in [6.45, 7) is 1.61. The van der Waals surface area contributed by atoms with Gasteiger partial charge < -0.3 is 24.8 Å². The van der Waals surface area contributed by atoms with E-state index in [2.05, 4.69) is 10.6 Å². The zero-order valence-corrected chi connectivity index (χ0v) is 15.5. The van der Waals surface area contributed by atoms with E-state index < -0.39 is 18.0 Å². The predicted molar refractivity (Wildman–Crippen MR) is 95.3 cm³/mol. The van der Waals surface area contributed by atoms with Gasteiger partial charge in [-0.3, -0.25) is 0 Å². The first-order valence-electron chi connectivity index (χ1n) is 7.83. The fourth-order valence-corrected chi connectivity index (χ4v) is 2.68. The summed E-state index contributed by atoms with van der Waals surface area (Å²) < 4.78 is 15.4. The lowest BCUT2D eigenvalue weighted by Crippen LogP contribution is -2.45. The lowest BCUT2D eigenvalue weighted by molar-refractivity contribution is -0.138. The van der Waals surface area contributed by atoms with E-state index in [-0.39, 0.29) is 36.6 Å². The molecule has 9 heteroatoms. The third-order valence-electron chi connectivity index (χ3n) is 3.55. The molecule has 0 saturated heterocycles. The van der Waals surface area contributed by atoms with Gasteiger partial charge in [0.1, 0.15) is 17.9 Å². The summed E-state index contributed by atoms with van der Waals surface area (Å²) in [4.78, 5) is 36.8. The molecular weight excluding hydrogens is 360 g/mol. The second-order valence-electron chi connectivity index (χ2n) is 5.13. The van der Waals surface area contributed by atoms with Crippen molar-refractivity contribution < 1.29 is 28.6 Å². The van der Waals surface area contributed by atoms with Crippen LogP contribution >= 0.6 is 11.8 Å². The molecule has 8 nitrogen and oxygen atoms in total. The molecule has 0 aromatic heterocycles. The van der Waals surface area contributed by atoms with E-state index in [4.69, 9.17) is 14.2 Å². The monoisotopic (exact) mass is 380 g/mol. The summed E-state index contributed by atoms with van der Waals surface area (Å²) >= 11 is 1.52. The maximum absolute atomic E-state index is 12.4. The third-order valence-corrected chi connectivity index (χ3v) is 4.28. The molecule has 0 radical (unpaired) electrons. The zero-order chi connectivity index (χ0) is 19.1. The van der Waals surface area contributed by atoms with Gasteiger partial charge in [0.25, 0.3) is 0 Å². The van der Waals surface area contributed by atoms with E-state index in [9.17, 15) is 14.4 Å². The second kappa shape index (κ2) is 9.14. The van der Waals surface area contributed by atoms with Gasteiger partial charge in [0, 0.05) is 4.90 Å². The van der Waals surface area contributed by atoms with Crippen LogP contribution in [0.15, 0.2) is 34.4 Å². The van der Waals surface area contributed by atoms with Crippen LogP contribution in [0, 0.1) is 0 Å². The average molecular weight is 380 g/mol. The summed E-state index contributed by atoms with van der Waals surface area (Å²) in [5.74, 6) is -0.818. The first-order chi connectivity index (χ1) is 12.5. The van der Waals surface area contributed by atoms with Crippen molar-refractivity contribution in [2.45, 2.75) is 11.8 Å². The molecule has 0 fully saturated rings. The maximum Gasteiger partial charge on any atom is 0.342 e. The van der Waals surface area contributed by atoms with Crippen LogP contribution in [0.5, 0.6) is 5.75 Å². The Morgan fingerprint density at radius 1 is 1.23 bits per heavy atom. The molecule has 2 rings (SSSR count). The number of hydrogen-bond donors (Lipinski definition) is 2. The van der Waals surface area contributed by atoms with Crippen molar-refractivity contribution in [2.24, 2.45) is 0 Å². The number of ether oxygens (including phenoxy) is 3. The Balaban J connectivity index is 2.16. The first kappa shape index (κ1) is 19.6. The van der Waals surface area contributed by atoms with Crippen molar-refractivity contribution in [3.63, 3.8) is 0 Å².